The van der Waals surface area contributed by atoms with Crippen LogP contribution >= 0.6 is 0 Å². The molecule has 7 nitrogen and oxygen atoms in total. The Morgan fingerprint density at radius 1 is 0.811 bits per heavy atom. The molecule has 7 heteroatoms. The molecule has 1 atom stereocenters. The number of carbonyl (C=O) groups is 2. The van der Waals surface area contributed by atoms with E-state index in [2.05, 4.69) is 21.9 Å². The van der Waals surface area contributed by atoms with Crippen LogP contribution in [0.1, 0.15) is 38.3 Å². The lowest BCUT2D eigenvalue weighted by Gasteiger charge is -2.36. The molecule has 1 fully saturated rings. The molecule has 2 aliphatic heterocycles. The lowest BCUT2D eigenvalue weighted by molar-refractivity contribution is 0.0416. The molecular weight excluding hydrogens is 466 g/mol. The molecule has 0 aromatic heterocycles. The van der Waals surface area contributed by atoms with E-state index >= 15 is 0 Å². The summed E-state index contributed by atoms with van der Waals surface area (Å²) in [7, 11) is 0. The van der Waals surface area contributed by atoms with Gasteiger partial charge >= 0.3 is 0 Å². The maximum Gasteiger partial charge on any atom is 0.261 e. The average Bonchev–Trinajstić information content (AvgIpc) is 3.39. The summed E-state index contributed by atoms with van der Waals surface area (Å²) in [5.74, 6) is 0.420. The predicted molar refractivity (Wildman–Crippen MR) is 142 cm³/mol. The lowest BCUT2D eigenvalue weighted by atomic mass is 9.94. The highest BCUT2D eigenvalue weighted by atomic mass is 16.5. The topological polar surface area (TPSA) is 73.3 Å². The number of aliphatic hydroxyl groups excluding tert-OH is 1. The maximum absolute atomic E-state index is 13.1. The van der Waals surface area contributed by atoms with Crippen molar-refractivity contribution in [3.05, 3.63) is 76.9 Å². The van der Waals surface area contributed by atoms with Crippen LogP contribution in [0.2, 0.25) is 0 Å². The number of amides is 2. The van der Waals surface area contributed by atoms with Crippen LogP contribution in [0.15, 0.2) is 54.6 Å². The van der Waals surface area contributed by atoms with Gasteiger partial charge in [-0.25, -0.2) is 0 Å². The number of hydrogen-bond donors (Lipinski definition) is 1. The van der Waals surface area contributed by atoms with E-state index in [0.717, 1.165) is 55.5 Å². The zero-order valence-electron chi connectivity index (χ0n) is 21.1. The summed E-state index contributed by atoms with van der Waals surface area (Å²) in [6, 6.07) is 17.5. The summed E-state index contributed by atoms with van der Waals surface area (Å²) < 4.78 is 5.87. The Morgan fingerprint density at radius 3 is 2.22 bits per heavy atom. The van der Waals surface area contributed by atoms with Crippen molar-refractivity contribution in [1.29, 1.82) is 0 Å². The zero-order valence-corrected chi connectivity index (χ0v) is 21.1. The highest BCUT2D eigenvalue weighted by Crippen LogP contribution is 2.30. The number of carbonyl (C=O) groups excluding carboxylic acids is 2. The summed E-state index contributed by atoms with van der Waals surface area (Å²) in [4.78, 5) is 32.2. The largest absolute Gasteiger partial charge is 0.491 e. The van der Waals surface area contributed by atoms with Crippen molar-refractivity contribution < 1.29 is 19.4 Å². The van der Waals surface area contributed by atoms with E-state index in [9.17, 15) is 14.7 Å². The van der Waals surface area contributed by atoms with E-state index < -0.39 is 6.10 Å². The number of aryl methyl sites for hydroxylation is 2. The fourth-order valence-corrected chi connectivity index (χ4v) is 5.90. The molecule has 3 aromatic rings. The molecule has 0 spiro atoms. The second kappa shape index (κ2) is 10.2. The van der Waals surface area contributed by atoms with Crippen LogP contribution in [0.5, 0.6) is 5.75 Å². The molecule has 6 rings (SSSR count). The van der Waals surface area contributed by atoms with E-state index in [1.165, 1.54) is 22.4 Å². The van der Waals surface area contributed by atoms with Crippen LogP contribution in [-0.4, -0.2) is 90.1 Å². The molecule has 1 N–H and O–H groups in total. The Morgan fingerprint density at radius 2 is 1.49 bits per heavy atom. The number of ether oxygens (including phenoxy) is 1. The molecule has 1 aliphatic carbocycles. The Kier molecular flexibility index (Phi) is 6.67. The van der Waals surface area contributed by atoms with Crippen molar-refractivity contribution in [2.45, 2.75) is 25.4 Å². The molecule has 0 radical (unpaired) electrons. The Bertz CT molecular complexity index is 1280. The minimum absolute atomic E-state index is 0.209. The second-order valence-electron chi connectivity index (χ2n) is 10.4. The van der Waals surface area contributed by atoms with Crippen molar-refractivity contribution in [2.75, 3.05) is 52.4 Å². The first-order valence-electron chi connectivity index (χ1n) is 13.3. The van der Waals surface area contributed by atoms with Crippen LogP contribution in [0.3, 0.4) is 0 Å². The third-order valence-electron chi connectivity index (χ3n) is 7.94. The van der Waals surface area contributed by atoms with Crippen molar-refractivity contribution in [1.82, 2.24) is 14.7 Å². The Hall–Kier alpha value is -3.26. The minimum Gasteiger partial charge on any atom is -0.491 e. The fourth-order valence-electron chi connectivity index (χ4n) is 5.90. The molecule has 3 aliphatic rings. The van der Waals surface area contributed by atoms with Gasteiger partial charge in [0.2, 0.25) is 0 Å². The quantitative estimate of drug-likeness (QED) is 0.481. The first-order valence-corrected chi connectivity index (χ1v) is 13.3. The summed E-state index contributed by atoms with van der Waals surface area (Å²) >= 11 is 0. The van der Waals surface area contributed by atoms with Crippen LogP contribution in [0.25, 0.3) is 10.8 Å². The smallest absolute Gasteiger partial charge is 0.261 e. The first-order chi connectivity index (χ1) is 18.1. The number of imide groups is 1. The monoisotopic (exact) mass is 499 g/mol. The molecule has 2 amide bonds. The predicted octanol–water partition coefficient (Wildman–Crippen LogP) is 2.98. The van der Waals surface area contributed by atoms with Crippen molar-refractivity contribution >= 4 is 22.6 Å². The molecule has 0 saturated carbocycles. The van der Waals surface area contributed by atoms with Gasteiger partial charge in [0.05, 0.1) is 0 Å². The summed E-state index contributed by atoms with van der Waals surface area (Å²) in [6.45, 7) is 5.21. The highest BCUT2D eigenvalue weighted by Gasteiger charge is 2.33. The Labute approximate surface area is 217 Å². The van der Waals surface area contributed by atoms with Crippen LogP contribution in [-0.2, 0) is 12.8 Å². The van der Waals surface area contributed by atoms with Gasteiger partial charge in [-0.15, -0.1) is 0 Å². The van der Waals surface area contributed by atoms with Gasteiger partial charge < -0.3 is 9.84 Å². The van der Waals surface area contributed by atoms with Gasteiger partial charge in [-0.2, -0.15) is 0 Å². The maximum atomic E-state index is 13.1. The lowest BCUT2D eigenvalue weighted by Crippen LogP contribution is -2.51. The fraction of sp³-hybridized carbons (Fsp3) is 0.400. The SMILES string of the molecule is O=C1c2cccc3cccc(c23)C(=O)N1CCN1CCN(C[C@@H](O)COc2ccc3c(c2)CCC3)CC1. The van der Waals surface area contributed by atoms with E-state index in [1.54, 1.807) is 0 Å². The normalized spacial score (nSPS) is 18.9. The molecule has 0 unspecified atom stereocenters. The van der Waals surface area contributed by atoms with Crippen molar-refractivity contribution in [3.8, 4) is 5.75 Å². The number of rotatable bonds is 8. The first kappa shape index (κ1) is 24.1. The summed E-state index contributed by atoms with van der Waals surface area (Å²) in [5.41, 5.74) is 4.00. The van der Waals surface area contributed by atoms with E-state index in [0.29, 0.717) is 30.8 Å². The van der Waals surface area contributed by atoms with Crippen molar-refractivity contribution in [3.63, 3.8) is 0 Å². The molecule has 3 aromatic carbocycles. The number of nitrogens with zero attached hydrogens (tertiary/aromatic N) is 3. The third kappa shape index (κ3) is 4.87. The van der Waals surface area contributed by atoms with Crippen molar-refractivity contribution in [2.24, 2.45) is 0 Å². The number of β-amino-alcohol motifs (C(OH)–C–C–N with tert-alkyl or cyclic N) is 1. The minimum atomic E-state index is -0.550. The molecular formula is C30H33N3O4. The number of hydrogen-bond acceptors (Lipinski definition) is 6. The van der Waals surface area contributed by atoms with Gasteiger partial charge in [-0.1, -0.05) is 30.3 Å². The number of fused-ring (bicyclic) bond motifs is 1. The second-order valence-corrected chi connectivity index (χ2v) is 10.4. The van der Waals surface area contributed by atoms with Gasteiger partial charge in [0, 0.05) is 62.3 Å². The molecule has 37 heavy (non-hydrogen) atoms. The van der Waals surface area contributed by atoms with Gasteiger partial charge in [-0.05, 0) is 60.0 Å². The van der Waals surface area contributed by atoms with Gasteiger partial charge in [0.1, 0.15) is 18.5 Å². The van der Waals surface area contributed by atoms with Crippen LogP contribution in [0, 0.1) is 0 Å². The van der Waals surface area contributed by atoms with Gasteiger partial charge in [0.15, 0.2) is 0 Å². The molecule has 192 valence electrons. The van der Waals surface area contributed by atoms with E-state index in [-0.39, 0.29) is 18.4 Å². The standard InChI is InChI=1S/C30H33N3O4/c34-24(20-37-25-11-10-21-4-1-7-23(21)18-25)19-32-14-12-31(13-15-32)16-17-33-29(35)26-8-2-5-22-6-3-9-27(28(22)26)30(33)36/h2-3,5-6,8-11,18,24,34H,1,4,7,12-17,19-20H2/t24-/m1/s1. The van der Waals surface area contributed by atoms with Gasteiger partial charge in [0.25, 0.3) is 11.8 Å². The molecule has 0 bridgehead atoms. The average molecular weight is 500 g/mol. The third-order valence-corrected chi connectivity index (χ3v) is 7.94. The summed E-state index contributed by atoms with van der Waals surface area (Å²) in [5, 5.41) is 12.2. The number of benzene rings is 3. The van der Waals surface area contributed by atoms with Crippen LogP contribution in [0.4, 0.5) is 0 Å². The number of aliphatic hydroxyl groups is 1. The van der Waals surface area contributed by atoms with Gasteiger partial charge in [-0.3, -0.25) is 24.3 Å². The molecule has 2 heterocycles. The summed E-state index contributed by atoms with van der Waals surface area (Å²) in [6.07, 6.45) is 2.93. The highest BCUT2D eigenvalue weighted by molar-refractivity contribution is 6.25. The Balaban J connectivity index is 0.970. The molecule has 1 saturated heterocycles. The van der Waals surface area contributed by atoms with E-state index in [1.807, 2.05) is 42.5 Å². The zero-order chi connectivity index (χ0) is 25.4. The number of piperazine rings is 1. The van der Waals surface area contributed by atoms with E-state index in [4.69, 9.17) is 4.74 Å². The van der Waals surface area contributed by atoms with Crippen LogP contribution < -0.4 is 4.74 Å².